The Kier molecular flexibility index (Phi) is 5.73. The first kappa shape index (κ1) is 19.3. The van der Waals surface area contributed by atoms with Crippen molar-refractivity contribution in [3.63, 3.8) is 0 Å². The first-order chi connectivity index (χ1) is 12.8. The van der Waals surface area contributed by atoms with E-state index in [4.69, 9.17) is 11.6 Å². The highest BCUT2D eigenvalue weighted by atomic mass is 35.5. The maximum absolute atomic E-state index is 12.8. The van der Waals surface area contributed by atoms with Gasteiger partial charge in [0.1, 0.15) is 0 Å². The number of amides is 1. The van der Waals surface area contributed by atoms with Crippen molar-refractivity contribution in [3.8, 4) is 11.8 Å². The fourth-order valence-corrected chi connectivity index (χ4v) is 3.62. The van der Waals surface area contributed by atoms with Crippen molar-refractivity contribution >= 4 is 17.5 Å². The van der Waals surface area contributed by atoms with Gasteiger partial charge in [-0.3, -0.25) is 4.79 Å². The van der Waals surface area contributed by atoms with Crippen LogP contribution in [0.1, 0.15) is 41.8 Å². The molecule has 0 atom stereocenters. The number of allylic oxidation sites excluding steroid dienone is 1. The molecule has 0 bridgehead atoms. The molecule has 3 rings (SSSR count). The molecule has 1 aliphatic rings. The van der Waals surface area contributed by atoms with E-state index < -0.39 is 0 Å². The van der Waals surface area contributed by atoms with Crippen molar-refractivity contribution in [3.05, 3.63) is 81.9 Å². The van der Waals surface area contributed by atoms with Gasteiger partial charge in [-0.15, -0.1) is 0 Å². The quantitative estimate of drug-likeness (QED) is 0.601. The van der Waals surface area contributed by atoms with Crippen LogP contribution >= 0.6 is 11.6 Å². The molecule has 2 aromatic carbocycles. The van der Waals surface area contributed by atoms with Gasteiger partial charge in [0, 0.05) is 34.7 Å². The summed E-state index contributed by atoms with van der Waals surface area (Å²) >= 11 is 6.03. The molecule has 1 aliphatic heterocycles. The minimum atomic E-state index is -0.103. The summed E-state index contributed by atoms with van der Waals surface area (Å²) < 4.78 is 0. The molecule has 1 saturated heterocycles. The first-order valence-corrected chi connectivity index (χ1v) is 9.55. The Bertz CT molecular complexity index is 946. The Morgan fingerprint density at radius 3 is 2.67 bits per heavy atom. The average molecular weight is 378 g/mol. The van der Waals surface area contributed by atoms with Gasteiger partial charge in [-0.05, 0) is 55.3 Å². The van der Waals surface area contributed by atoms with Gasteiger partial charge in [0.2, 0.25) is 0 Å². The molecule has 0 saturated carbocycles. The van der Waals surface area contributed by atoms with Gasteiger partial charge in [0.25, 0.3) is 5.91 Å². The topological polar surface area (TPSA) is 20.3 Å². The molecule has 1 fully saturated rings. The monoisotopic (exact) mass is 377 g/mol. The number of halogens is 1. The third kappa shape index (κ3) is 4.81. The third-order valence-corrected chi connectivity index (χ3v) is 5.18. The Morgan fingerprint density at radius 1 is 1.19 bits per heavy atom. The normalized spacial score (nSPS) is 17.3. The number of nitrogens with zero attached hydrogens (tertiary/aromatic N) is 1. The van der Waals surface area contributed by atoms with Crippen molar-refractivity contribution in [2.24, 2.45) is 5.41 Å². The van der Waals surface area contributed by atoms with Crippen LogP contribution in [0.25, 0.3) is 0 Å². The van der Waals surface area contributed by atoms with Crippen LogP contribution in [0, 0.1) is 24.2 Å². The van der Waals surface area contributed by atoms with E-state index in [2.05, 4.69) is 44.7 Å². The van der Waals surface area contributed by atoms with Gasteiger partial charge in [0.05, 0.1) is 0 Å². The van der Waals surface area contributed by atoms with Gasteiger partial charge >= 0.3 is 0 Å². The van der Waals surface area contributed by atoms with E-state index in [1.165, 1.54) is 11.1 Å². The lowest BCUT2D eigenvalue weighted by Crippen LogP contribution is -2.44. The number of likely N-dealkylation sites (tertiary alicyclic amines) is 1. The summed E-state index contributed by atoms with van der Waals surface area (Å²) in [5.74, 6) is 6.46. The molecule has 0 unspecified atom stereocenters. The van der Waals surface area contributed by atoms with Crippen molar-refractivity contribution in [1.29, 1.82) is 0 Å². The van der Waals surface area contributed by atoms with Crippen LogP contribution in [0.5, 0.6) is 0 Å². The number of benzene rings is 2. The maximum atomic E-state index is 12.8. The molecule has 0 N–H and O–H groups in total. The molecule has 1 amide bonds. The number of carbonyl (C=O) groups excluding carboxylic acids is 1. The lowest BCUT2D eigenvalue weighted by atomic mass is 9.78. The number of hydrogen-bond donors (Lipinski definition) is 0. The van der Waals surface area contributed by atoms with Gasteiger partial charge in [-0.25, -0.2) is 0 Å². The van der Waals surface area contributed by atoms with Crippen LogP contribution in [0.15, 0.2) is 60.2 Å². The van der Waals surface area contributed by atoms with E-state index >= 15 is 0 Å². The maximum Gasteiger partial charge on any atom is 0.253 e. The minimum Gasteiger partial charge on any atom is -0.337 e. The van der Waals surface area contributed by atoms with E-state index in [0.29, 0.717) is 23.7 Å². The summed E-state index contributed by atoms with van der Waals surface area (Å²) in [7, 11) is 0. The summed E-state index contributed by atoms with van der Waals surface area (Å²) in [5.41, 5.74) is 4.07. The predicted molar refractivity (Wildman–Crippen MR) is 112 cm³/mol. The second kappa shape index (κ2) is 8.03. The van der Waals surface area contributed by atoms with Crippen LogP contribution in [0.4, 0.5) is 0 Å². The predicted octanol–water partition coefficient (Wildman–Crippen LogP) is 5.50. The Hall–Kier alpha value is -2.50. The van der Waals surface area contributed by atoms with Crippen LogP contribution in [-0.2, 0) is 0 Å². The number of carbonyl (C=O) groups is 1. The fourth-order valence-electron chi connectivity index (χ4n) is 3.43. The SMILES string of the molecule is Cc1cccc(C#C/C=C2\CCN(C(=O)c3cccc(Cl)c3)CC2(C)C)c1. The number of aryl methyl sites for hydroxylation is 1. The molecule has 0 spiro atoms. The smallest absolute Gasteiger partial charge is 0.253 e. The second-order valence-corrected chi connectivity index (χ2v) is 8.12. The summed E-state index contributed by atoms with van der Waals surface area (Å²) in [6.45, 7) is 7.79. The molecule has 27 heavy (non-hydrogen) atoms. The summed E-state index contributed by atoms with van der Waals surface area (Å²) in [4.78, 5) is 14.7. The van der Waals surface area contributed by atoms with Gasteiger partial charge in [0.15, 0.2) is 0 Å². The number of piperidine rings is 1. The molecule has 0 aromatic heterocycles. The van der Waals surface area contributed by atoms with Gasteiger partial charge in [-0.2, -0.15) is 0 Å². The lowest BCUT2D eigenvalue weighted by molar-refractivity contribution is 0.0663. The molecule has 1 heterocycles. The summed E-state index contributed by atoms with van der Waals surface area (Å²) in [5, 5.41) is 0.587. The number of hydrogen-bond acceptors (Lipinski definition) is 1. The number of rotatable bonds is 1. The van der Waals surface area contributed by atoms with Crippen LogP contribution in [0.3, 0.4) is 0 Å². The highest BCUT2D eigenvalue weighted by molar-refractivity contribution is 6.30. The van der Waals surface area contributed by atoms with Crippen molar-refractivity contribution in [2.45, 2.75) is 27.2 Å². The molecule has 0 aliphatic carbocycles. The Labute approximate surface area is 166 Å². The van der Waals surface area contributed by atoms with Crippen LogP contribution in [0.2, 0.25) is 5.02 Å². The molecule has 0 radical (unpaired) electrons. The van der Waals surface area contributed by atoms with Crippen molar-refractivity contribution < 1.29 is 4.79 Å². The highest BCUT2D eigenvalue weighted by Gasteiger charge is 2.33. The molecule has 2 aromatic rings. The van der Waals surface area contributed by atoms with Crippen LogP contribution in [-0.4, -0.2) is 23.9 Å². The van der Waals surface area contributed by atoms with Gasteiger partial charge in [-0.1, -0.05) is 61.1 Å². The van der Waals surface area contributed by atoms with E-state index in [1.807, 2.05) is 35.2 Å². The Morgan fingerprint density at radius 2 is 1.96 bits per heavy atom. The van der Waals surface area contributed by atoms with Crippen molar-refractivity contribution in [1.82, 2.24) is 4.90 Å². The molecule has 2 nitrogen and oxygen atoms in total. The standard InChI is InChI=1S/C24H24ClNO/c1-18-7-4-8-19(15-18)9-5-11-21-13-14-26(17-24(21,2)3)23(27)20-10-6-12-22(25)16-20/h4,6-8,10-12,15-16H,13-14,17H2,1-3H3/b21-11+. The van der Waals surface area contributed by atoms with Crippen LogP contribution < -0.4 is 0 Å². The zero-order chi connectivity index (χ0) is 19.4. The molecule has 138 valence electrons. The highest BCUT2D eigenvalue weighted by Crippen LogP contribution is 2.34. The summed E-state index contributed by atoms with van der Waals surface area (Å²) in [6.07, 6.45) is 2.87. The first-order valence-electron chi connectivity index (χ1n) is 9.18. The fraction of sp³-hybridized carbons (Fsp3) is 0.292. The Balaban J connectivity index is 1.73. The molecule has 3 heteroatoms. The minimum absolute atomic E-state index is 0.0375. The van der Waals surface area contributed by atoms with E-state index in [0.717, 1.165) is 12.0 Å². The molecular weight excluding hydrogens is 354 g/mol. The second-order valence-electron chi connectivity index (χ2n) is 7.68. The third-order valence-electron chi connectivity index (χ3n) is 4.95. The van der Waals surface area contributed by atoms with Crippen molar-refractivity contribution in [2.75, 3.05) is 13.1 Å². The van der Waals surface area contributed by atoms with E-state index in [1.54, 1.807) is 12.1 Å². The van der Waals surface area contributed by atoms with E-state index in [9.17, 15) is 4.79 Å². The zero-order valence-corrected chi connectivity index (χ0v) is 16.8. The zero-order valence-electron chi connectivity index (χ0n) is 16.1. The lowest BCUT2D eigenvalue weighted by Gasteiger charge is -2.40. The summed E-state index contributed by atoms with van der Waals surface area (Å²) in [6, 6.07) is 15.4. The van der Waals surface area contributed by atoms with E-state index in [-0.39, 0.29) is 11.3 Å². The largest absolute Gasteiger partial charge is 0.337 e. The molecular formula is C24H24ClNO. The average Bonchev–Trinajstić information content (AvgIpc) is 2.62. The van der Waals surface area contributed by atoms with Gasteiger partial charge < -0.3 is 4.90 Å².